The molecule has 2 heterocycles. The van der Waals surface area contributed by atoms with Crippen LogP contribution in [0.25, 0.3) is 0 Å². The molecule has 20 heavy (non-hydrogen) atoms. The van der Waals surface area contributed by atoms with E-state index in [0.29, 0.717) is 5.41 Å². The Bertz CT molecular complexity index is 492. The molecule has 4 heteroatoms. The SMILES string of the molecule is Cc1cnccc1CNC1=NCC2(CCCCC2)CS1. The Morgan fingerprint density at radius 2 is 2.15 bits per heavy atom. The maximum atomic E-state index is 4.80. The maximum absolute atomic E-state index is 4.80. The third-order valence-electron chi connectivity index (χ3n) is 4.55. The topological polar surface area (TPSA) is 37.3 Å². The van der Waals surface area contributed by atoms with Crippen LogP contribution in [0.2, 0.25) is 0 Å². The predicted octanol–water partition coefficient (Wildman–Crippen LogP) is 3.53. The zero-order valence-electron chi connectivity index (χ0n) is 12.2. The molecule has 1 aliphatic carbocycles. The maximum Gasteiger partial charge on any atom is 0.156 e. The van der Waals surface area contributed by atoms with Crippen molar-refractivity contribution < 1.29 is 0 Å². The van der Waals surface area contributed by atoms with E-state index in [4.69, 9.17) is 4.99 Å². The molecule has 1 saturated carbocycles. The van der Waals surface area contributed by atoms with Crippen molar-refractivity contribution in [3.63, 3.8) is 0 Å². The van der Waals surface area contributed by atoms with Gasteiger partial charge in [-0.25, -0.2) is 0 Å². The summed E-state index contributed by atoms with van der Waals surface area (Å²) >= 11 is 1.92. The van der Waals surface area contributed by atoms with Crippen LogP contribution in [0.4, 0.5) is 0 Å². The lowest BCUT2D eigenvalue weighted by Crippen LogP contribution is -2.36. The first-order chi connectivity index (χ1) is 9.77. The van der Waals surface area contributed by atoms with Gasteiger partial charge in [0.25, 0.3) is 0 Å². The van der Waals surface area contributed by atoms with Crippen LogP contribution in [0.15, 0.2) is 23.5 Å². The van der Waals surface area contributed by atoms with Gasteiger partial charge in [-0.2, -0.15) is 0 Å². The third kappa shape index (κ3) is 3.17. The second-order valence-corrected chi connectivity index (χ2v) is 7.09. The van der Waals surface area contributed by atoms with Gasteiger partial charge in [-0.1, -0.05) is 31.0 Å². The summed E-state index contributed by atoms with van der Waals surface area (Å²) in [5.41, 5.74) is 3.06. The summed E-state index contributed by atoms with van der Waals surface area (Å²) in [5.74, 6) is 1.24. The number of nitrogens with one attached hydrogen (secondary N) is 1. The number of rotatable bonds is 2. The molecule has 108 valence electrons. The van der Waals surface area contributed by atoms with E-state index in [-0.39, 0.29) is 0 Å². The van der Waals surface area contributed by atoms with Crippen molar-refractivity contribution in [1.29, 1.82) is 0 Å². The van der Waals surface area contributed by atoms with Crippen LogP contribution in [-0.4, -0.2) is 22.4 Å². The number of hydrogen-bond acceptors (Lipinski definition) is 4. The van der Waals surface area contributed by atoms with E-state index in [1.54, 1.807) is 0 Å². The van der Waals surface area contributed by atoms with Gasteiger partial charge in [0.1, 0.15) is 0 Å². The first-order valence-electron chi connectivity index (χ1n) is 7.58. The molecule has 0 atom stereocenters. The number of amidine groups is 1. The van der Waals surface area contributed by atoms with E-state index < -0.39 is 0 Å². The van der Waals surface area contributed by atoms with Gasteiger partial charge in [0, 0.05) is 31.2 Å². The van der Waals surface area contributed by atoms with Crippen molar-refractivity contribution in [3.8, 4) is 0 Å². The lowest BCUT2D eigenvalue weighted by molar-refractivity contribution is 0.232. The molecule has 3 rings (SSSR count). The van der Waals surface area contributed by atoms with Crippen molar-refractivity contribution in [2.24, 2.45) is 10.4 Å². The summed E-state index contributed by atoms with van der Waals surface area (Å²) in [5, 5.41) is 4.61. The van der Waals surface area contributed by atoms with Crippen molar-refractivity contribution in [1.82, 2.24) is 10.3 Å². The molecule has 3 nitrogen and oxygen atoms in total. The van der Waals surface area contributed by atoms with Gasteiger partial charge < -0.3 is 5.32 Å². The van der Waals surface area contributed by atoms with Crippen LogP contribution < -0.4 is 5.32 Å². The number of aliphatic imine (C=N–C) groups is 1. The third-order valence-corrected chi connectivity index (χ3v) is 5.86. The van der Waals surface area contributed by atoms with Crippen LogP contribution in [0.5, 0.6) is 0 Å². The molecular weight excluding hydrogens is 266 g/mol. The molecule has 1 aromatic heterocycles. The molecule has 0 bridgehead atoms. The fraction of sp³-hybridized carbons (Fsp3) is 0.625. The minimum Gasteiger partial charge on any atom is -0.361 e. The number of aryl methyl sites for hydroxylation is 1. The van der Waals surface area contributed by atoms with Crippen LogP contribution in [0.3, 0.4) is 0 Å². The largest absolute Gasteiger partial charge is 0.361 e. The smallest absolute Gasteiger partial charge is 0.156 e. The first-order valence-corrected chi connectivity index (χ1v) is 8.57. The summed E-state index contributed by atoms with van der Waals surface area (Å²) in [6.07, 6.45) is 10.7. The summed E-state index contributed by atoms with van der Waals surface area (Å²) in [6.45, 7) is 3.99. The zero-order chi connectivity index (χ0) is 13.8. The Balaban J connectivity index is 1.56. The van der Waals surface area contributed by atoms with E-state index in [9.17, 15) is 0 Å². The quantitative estimate of drug-likeness (QED) is 0.905. The van der Waals surface area contributed by atoms with Gasteiger partial charge in [-0.05, 0) is 42.4 Å². The van der Waals surface area contributed by atoms with E-state index in [2.05, 4.69) is 23.3 Å². The number of aromatic nitrogens is 1. The van der Waals surface area contributed by atoms with Crippen molar-refractivity contribution in [3.05, 3.63) is 29.6 Å². The molecule has 1 fully saturated rings. The highest BCUT2D eigenvalue weighted by molar-refractivity contribution is 8.13. The fourth-order valence-corrected chi connectivity index (χ4v) is 4.29. The molecule has 1 aromatic rings. The van der Waals surface area contributed by atoms with Crippen LogP contribution in [0.1, 0.15) is 43.2 Å². The molecule has 1 aliphatic heterocycles. The molecule has 0 amide bonds. The van der Waals surface area contributed by atoms with Crippen LogP contribution in [0, 0.1) is 12.3 Å². The second-order valence-electron chi connectivity index (χ2n) is 6.13. The molecule has 1 spiro atoms. The average Bonchev–Trinajstić information content (AvgIpc) is 2.49. The van der Waals surface area contributed by atoms with Gasteiger partial charge in [0.2, 0.25) is 0 Å². The van der Waals surface area contributed by atoms with Gasteiger partial charge in [0.05, 0.1) is 0 Å². The van der Waals surface area contributed by atoms with Gasteiger partial charge in [-0.15, -0.1) is 0 Å². The first kappa shape index (κ1) is 13.9. The highest BCUT2D eigenvalue weighted by Gasteiger charge is 2.34. The predicted molar refractivity (Wildman–Crippen MR) is 86.1 cm³/mol. The average molecular weight is 289 g/mol. The second kappa shape index (κ2) is 6.17. The normalized spacial score (nSPS) is 21.6. The zero-order valence-corrected chi connectivity index (χ0v) is 13.0. The van der Waals surface area contributed by atoms with Gasteiger partial charge >= 0.3 is 0 Å². The molecular formula is C16H23N3S. The Morgan fingerprint density at radius 3 is 2.85 bits per heavy atom. The standard InChI is InChI=1S/C16H23N3S/c1-13-9-17-8-5-14(13)10-18-15-19-11-16(12-20-15)6-3-2-4-7-16/h5,8-9H,2-4,6-7,10-12H2,1H3,(H,18,19). The Kier molecular flexibility index (Phi) is 4.29. The highest BCUT2D eigenvalue weighted by Crippen LogP contribution is 2.41. The number of thioether (sulfide) groups is 1. The number of pyridine rings is 1. The molecule has 0 unspecified atom stereocenters. The molecule has 0 saturated heterocycles. The fourth-order valence-electron chi connectivity index (χ4n) is 3.13. The minimum absolute atomic E-state index is 0.515. The summed E-state index contributed by atoms with van der Waals surface area (Å²) < 4.78 is 0. The summed E-state index contributed by atoms with van der Waals surface area (Å²) in [7, 11) is 0. The summed E-state index contributed by atoms with van der Waals surface area (Å²) in [4.78, 5) is 8.94. The van der Waals surface area contributed by atoms with E-state index >= 15 is 0 Å². The molecule has 0 aromatic carbocycles. The lowest BCUT2D eigenvalue weighted by atomic mass is 9.75. The van der Waals surface area contributed by atoms with Crippen LogP contribution >= 0.6 is 11.8 Å². The highest BCUT2D eigenvalue weighted by atomic mass is 32.2. The lowest BCUT2D eigenvalue weighted by Gasteiger charge is -2.38. The van der Waals surface area contributed by atoms with Crippen molar-refractivity contribution >= 4 is 16.9 Å². The monoisotopic (exact) mass is 289 g/mol. The van der Waals surface area contributed by atoms with Crippen LogP contribution in [-0.2, 0) is 6.54 Å². The Morgan fingerprint density at radius 1 is 1.30 bits per heavy atom. The summed E-state index contributed by atoms with van der Waals surface area (Å²) in [6, 6.07) is 2.08. The molecule has 0 radical (unpaired) electrons. The number of hydrogen-bond donors (Lipinski definition) is 1. The van der Waals surface area contributed by atoms with Gasteiger partial charge in [-0.3, -0.25) is 9.98 Å². The molecule has 1 N–H and O–H groups in total. The molecule has 2 aliphatic rings. The van der Waals surface area contributed by atoms with E-state index in [1.807, 2.05) is 24.2 Å². The minimum atomic E-state index is 0.515. The Labute approximate surface area is 125 Å². The van der Waals surface area contributed by atoms with Crippen molar-refractivity contribution in [2.45, 2.75) is 45.6 Å². The number of nitrogens with zero attached hydrogens (tertiary/aromatic N) is 2. The van der Waals surface area contributed by atoms with Crippen molar-refractivity contribution in [2.75, 3.05) is 12.3 Å². The van der Waals surface area contributed by atoms with Gasteiger partial charge in [0.15, 0.2) is 5.17 Å². The van der Waals surface area contributed by atoms with E-state index in [0.717, 1.165) is 18.3 Å². The Hall–Kier alpha value is -1.03. The van der Waals surface area contributed by atoms with E-state index in [1.165, 1.54) is 49.0 Å².